The molecule has 0 aliphatic carbocycles. The Labute approximate surface area is 117 Å². The summed E-state index contributed by atoms with van der Waals surface area (Å²) in [6.07, 6.45) is 0. The van der Waals surface area contributed by atoms with Crippen LogP contribution in [-0.2, 0) is 20.6 Å². The van der Waals surface area contributed by atoms with Gasteiger partial charge in [0.15, 0.2) is 0 Å². The van der Waals surface area contributed by atoms with E-state index < -0.39 is 0 Å². The number of fused-ring (bicyclic) bond motifs is 1. The van der Waals surface area contributed by atoms with Crippen molar-refractivity contribution >= 4 is 16.7 Å². The minimum atomic E-state index is 0.761. The van der Waals surface area contributed by atoms with Crippen LogP contribution in [0.3, 0.4) is 0 Å². The third-order valence-electron chi connectivity index (χ3n) is 3.74. The first-order valence-corrected chi connectivity index (χ1v) is 6.58. The molecule has 0 unspecified atom stereocenters. The van der Waals surface area contributed by atoms with E-state index in [4.69, 9.17) is 0 Å². The van der Waals surface area contributed by atoms with Crippen LogP contribution in [0.15, 0.2) is 18.2 Å². The molecule has 0 aliphatic rings. The van der Waals surface area contributed by atoms with Crippen molar-refractivity contribution in [3.8, 4) is 0 Å². The SMILES string of the molecule is Cc1nn(C)c(C)c1CNc1ccc2c(c1)nnn2C. The number of rotatable bonds is 3. The van der Waals surface area contributed by atoms with Gasteiger partial charge in [-0.3, -0.25) is 4.68 Å². The van der Waals surface area contributed by atoms with Crippen LogP contribution in [0, 0.1) is 13.8 Å². The van der Waals surface area contributed by atoms with Crippen molar-refractivity contribution in [1.82, 2.24) is 24.8 Å². The molecular formula is C14H18N6. The number of hydrogen-bond acceptors (Lipinski definition) is 4. The highest BCUT2D eigenvalue weighted by Gasteiger charge is 2.09. The van der Waals surface area contributed by atoms with Crippen LogP contribution in [0.2, 0.25) is 0 Å². The Balaban J connectivity index is 1.83. The summed E-state index contributed by atoms with van der Waals surface area (Å²) in [5.74, 6) is 0. The minimum absolute atomic E-state index is 0.761. The average Bonchev–Trinajstić information content (AvgIpc) is 2.90. The first-order chi connectivity index (χ1) is 9.56. The molecule has 0 radical (unpaired) electrons. The number of aromatic nitrogens is 5. The topological polar surface area (TPSA) is 60.6 Å². The van der Waals surface area contributed by atoms with Gasteiger partial charge in [0.25, 0.3) is 0 Å². The molecule has 3 rings (SSSR count). The van der Waals surface area contributed by atoms with E-state index in [9.17, 15) is 0 Å². The van der Waals surface area contributed by atoms with Crippen LogP contribution in [0.25, 0.3) is 11.0 Å². The maximum atomic E-state index is 4.43. The molecule has 0 fully saturated rings. The lowest BCUT2D eigenvalue weighted by Gasteiger charge is -2.07. The molecule has 1 aromatic carbocycles. The van der Waals surface area contributed by atoms with Crippen molar-refractivity contribution in [2.75, 3.05) is 5.32 Å². The average molecular weight is 270 g/mol. The van der Waals surface area contributed by atoms with Gasteiger partial charge in [-0.15, -0.1) is 5.10 Å². The van der Waals surface area contributed by atoms with Gasteiger partial charge in [0.2, 0.25) is 0 Å². The van der Waals surface area contributed by atoms with E-state index in [1.807, 2.05) is 43.9 Å². The van der Waals surface area contributed by atoms with E-state index in [0.717, 1.165) is 29.0 Å². The number of benzene rings is 1. The Morgan fingerprint density at radius 1 is 1.15 bits per heavy atom. The Morgan fingerprint density at radius 3 is 2.65 bits per heavy atom. The molecule has 0 spiro atoms. The lowest BCUT2D eigenvalue weighted by atomic mass is 10.2. The number of nitrogens with one attached hydrogen (secondary N) is 1. The summed E-state index contributed by atoms with van der Waals surface area (Å²) in [5.41, 5.74) is 6.47. The standard InChI is InChI=1S/C14H18N6/c1-9-12(10(2)19(3)17-9)8-15-11-5-6-14-13(7-11)16-18-20(14)4/h5-7,15H,8H2,1-4H3. The minimum Gasteiger partial charge on any atom is -0.381 e. The van der Waals surface area contributed by atoms with Gasteiger partial charge in [0, 0.05) is 37.6 Å². The van der Waals surface area contributed by atoms with Crippen LogP contribution < -0.4 is 5.32 Å². The van der Waals surface area contributed by atoms with E-state index in [1.54, 1.807) is 4.68 Å². The van der Waals surface area contributed by atoms with Gasteiger partial charge in [-0.05, 0) is 32.0 Å². The Morgan fingerprint density at radius 2 is 1.95 bits per heavy atom. The number of nitrogens with zero attached hydrogens (tertiary/aromatic N) is 5. The van der Waals surface area contributed by atoms with Crippen molar-refractivity contribution in [3.05, 3.63) is 35.2 Å². The molecule has 6 heteroatoms. The van der Waals surface area contributed by atoms with Gasteiger partial charge in [0.05, 0.1) is 11.2 Å². The molecule has 0 saturated carbocycles. The molecule has 2 heterocycles. The number of hydrogen-bond donors (Lipinski definition) is 1. The molecule has 0 atom stereocenters. The van der Waals surface area contributed by atoms with Crippen molar-refractivity contribution in [3.63, 3.8) is 0 Å². The number of anilines is 1. The fourth-order valence-electron chi connectivity index (χ4n) is 2.41. The summed E-state index contributed by atoms with van der Waals surface area (Å²) in [4.78, 5) is 0. The van der Waals surface area contributed by atoms with Crippen molar-refractivity contribution in [2.45, 2.75) is 20.4 Å². The Hall–Kier alpha value is -2.37. The molecule has 0 amide bonds. The lowest BCUT2D eigenvalue weighted by Crippen LogP contribution is -2.02. The van der Waals surface area contributed by atoms with Gasteiger partial charge in [-0.25, -0.2) is 4.68 Å². The second-order valence-corrected chi connectivity index (χ2v) is 5.04. The highest BCUT2D eigenvalue weighted by atomic mass is 15.4. The van der Waals surface area contributed by atoms with Crippen LogP contribution in [0.4, 0.5) is 5.69 Å². The van der Waals surface area contributed by atoms with Crippen LogP contribution in [0.1, 0.15) is 17.0 Å². The lowest BCUT2D eigenvalue weighted by molar-refractivity contribution is 0.730. The quantitative estimate of drug-likeness (QED) is 0.790. The summed E-state index contributed by atoms with van der Waals surface area (Å²) in [6, 6.07) is 6.09. The second-order valence-electron chi connectivity index (χ2n) is 5.04. The third-order valence-corrected chi connectivity index (χ3v) is 3.74. The molecular weight excluding hydrogens is 252 g/mol. The normalized spacial score (nSPS) is 11.2. The van der Waals surface area contributed by atoms with Crippen molar-refractivity contribution in [2.24, 2.45) is 14.1 Å². The van der Waals surface area contributed by atoms with Gasteiger partial charge in [0.1, 0.15) is 5.52 Å². The predicted molar refractivity (Wildman–Crippen MR) is 78.5 cm³/mol. The van der Waals surface area contributed by atoms with Crippen LogP contribution >= 0.6 is 0 Å². The van der Waals surface area contributed by atoms with Crippen LogP contribution in [-0.4, -0.2) is 24.8 Å². The fraction of sp³-hybridized carbons (Fsp3) is 0.357. The molecule has 6 nitrogen and oxygen atoms in total. The van der Waals surface area contributed by atoms with E-state index in [0.29, 0.717) is 0 Å². The summed E-state index contributed by atoms with van der Waals surface area (Å²) in [7, 11) is 3.86. The van der Waals surface area contributed by atoms with Gasteiger partial charge >= 0.3 is 0 Å². The van der Waals surface area contributed by atoms with Gasteiger partial charge in [-0.2, -0.15) is 5.10 Å². The molecule has 0 bridgehead atoms. The van der Waals surface area contributed by atoms with Gasteiger partial charge in [-0.1, -0.05) is 5.21 Å². The zero-order chi connectivity index (χ0) is 14.3. The first-order valence-electron chi connectivity index (χ1n) is 6.58. The second kappa shape index (κ2) is 4.63. The van der Waals surface area contributed by atoms with E-state index in [1.165, 1.54) is 11.3 Å². The molecule has 2 aromatic heterocycles. The zero-order valence-corrected chi connectivity index (χ0v) is 12.2. The first kappa shape index (κ1) is 12.7. The molecule has 1 N–H and O–H groups in total. The molecule has 0 saturated heterocycles. The molecule has 3 aromatic rings. The molecule has 104 valence electrons. The summed E-state index contributed by atoms with van der Waals surface area (Å²) >= 11 is 0. The molecule has 0 aliphatic heterocycles. The van der Waals surface area contributed by atoms with Crippen molar-refractivity contribution in [1.29, 1.82) is 0 Å². The third kappa shape index (κ3) is 2.03. The van der Waals surface area contributed by atoms with E-state index in [-0.39, 0.29) is 0 Å². The maximum absolute atomic E-state index is 4.43. The van der Waals surface area contributed by atoms with Crippen LogP contribution in [0.5, 0.6) is 0 Å². The summed E-state index contributed by atoms with van der Waals surface area (Å²) < 4.78 is 3.69. The van der Waals surface area contributed by atoms with E-state index in [2.05, 4.69) is 27.7 Å². The summed E-state index contributed by atoms with van der Waals surface area (Å²) in [5, 5.41) is 16.0. The predicted octanol–water partition coefficient (Wildman–Crippen LogP) is 1.93. The van der Waals surface area contributed by atoms with Gasteiger partial charge < -0.3 is 5.32 Å². The number of aryl methyl sites for hydroxylation is 3. The summed E-state index contributed by atoms with van der Waals surface area (Å²) in [6.45, 7) is 4.88. The van der Waals surface area contributed by atoms with Crippen molar-refractivity contribution < 1.29 is 0 Å². The monoisotopic (exact) mass is 270 g/mol. The Bertz CT molecular complexity index is 767. The van der Waals surface area contributed by atoms with E-state index >= 15 is 0 Å². The Kier molecular flexibility index (Phi) is 2.93. The zero-order valence-electron chi connectivity index (χ0n) is 12.2. The highest BCUT2D eigenvalue weighted by molar-refractivity contribution is 5.78. The molecule has 20 heavy (non-hydrogen) atoms. The smallest absolute Gasteiger partial charge is 0.115 e. The maximum Gasteiger partial charge on any atom is 0.115 e. The largest absolute Gasteiger partial charge is 0.381 e. The highest BCUT2D eigenvalue weighted by Crippen LogP contribution is 2.18. The fourth-order valence-corrected chi connectivity index (χ4v) is 2.41.